The molecule has 0 spiro atoms. The van der Waals surface area contributed by atoms with Crippen LogP contribution in [0.15, 0.2) is 29.2 Å². The van der Waals surface area contributed by atoms with Gasteiger partial charge in [0.2, 0.25) is 0 Å². The van der Waals surface area contributed by atoms with Crippen LogP contribution in [0.1, 0.15) is 13.8 Å². The number of hydrogen-bond donors (Lipinski definition) is 0. The van der Waals surface area contributed by atoms with E-state index in [1.807, 2.05) is 38.1 Å². The van der Waals surface area contributed by atoms with Crippen molar-refractivity contribution in [3.8, 4) is 5.75 Å². The van der Waals surface area contributed by atoms with Gasteiger partial charge in [-0.05, 0) is 32.0 Å². The predicted octanol–water partition coefficient (Wildman–Crippen LogP) is 2.74. The molecule has 88 valence electrons. The van der Waals surface area contributed by atoms with Crippen LogP contribution in [0.2, 0.25) is 0 Å². The number of thioether (sulfide) groups is 1. The van der Waals surface area contributed by atoms with Gasteiger partial charge in [-0.1, -0.05) is 6.07 Å². The van der Waals surface area contributed by atoms with Crippen LogP contribution < -0.4 is 4.74 Å². The molecule has 0 aliphatic heterocycles. The molecule has 1 aromatic rings. The van der Waals surface area contributed by atoms with Crippen LogP contribution in [0.4, 0.5) is 0 Å². The van der Waals surface area contributed by atoms with E-state index in [1.165, 1.54) is 18.9 Å². The topological polar surface area (TPSA) is 35.5 Å². The van der Waals surface area contributed by atoms with E-state index >= 15 is 0 Å². The van der Waals surface area contributed by atoms with Crippen LogP contribution in [-0.2, 0) is 9.53 Å². The second kappa shape index (κ2) is 5.25. The van der Waals surface area contributed by atoms with Gasteiger partial charge >= 0.3 is 5.97 Å². The fourth-order valence-corrected chi connectivity index (χ4v) is 2.32. The smallest absolute Gasteiger partial charge is 0.321 e. The molecule has 0 aromatic heterocycles. The Balaban J connectivity index is 2.83. The molecule has 0 fully saturated rings. The molecular weight excluding hydrogens is 224 g/mol. The molecule has 0 unspecified atom stereocenters. The van der Waals surface area contributed by atoms with Crippen molar-refractivity contribution in [1.29, 1.82) is 0 Å². The minimum Gasteiger partial charge on any atom is -0.497 e. The lowest BCUT2D eigenvalue weighted by Gasteiger charge is -2.20. The first-order chi connectivity index (χ1) is 7.49. The Morgan fingerprint density at radius 2 is 2.00 bits per heavy atom. The second-order valence-electron chi connectivity index (χ2n) is 3.78. The summed E-state index contributed by atoms with van der Waals surface area (Å²) in [7, 11) is 3.02. The largest absolute Gasteiger partial charge is 0.497 e. The van der Waals surface area contributed by atoms with Gasteiger partial charge in [-0.15, -0.1) is 11.8 Å². The Morgan fingerprint density at radius 3 is 2.56 bits per heavy atom. The van der Waals surface area contributed by atoms with Crippen LogP contribution in [0.25, 0.3) is 0 Å². The standard InChI is InChI=1S/C12H16O3S/c1-12(2,11(13)15-4)16-10-7-5-6-9(8-10)14-3/h5-8H,1-4H3. The quantitative estimate of drug-likeness (QED) is 0.599. The Bertz CT molecular complexity index is 374. The summed E-state index contributed by atoms with van der Waals surface area (Å²) in [5, 5.41) is 0. The van der Waals surface area contributed by atoms with Gasteiger partial charge in [0, 0.05) is 4.90 Å². The van der Waals surface area contributed by atoms with Gasteiger partial charge in [0.15, 0.2) is 0 Å². The number of rotatable bonds is 4. The third-order valence-electron chi connectivity index (χ3n) is 2.09. The molecule has 0 amide bonds. The highest BCUT2D eigenvalue weighted by Gasteiger charge is 2.30. The molecule has 0 heterocycles. The zero-order chi connectivity index (χ0) is 12.2. The number of carbonyl (C=O) groups is 1. The van der Waals surface area contributed by atoms with Gasteiger partial charge in [0.05, 0.1) is 14.2 Å². The number of methoxy groups -OCH3 is 2. The molecule has 0 atom stereocenters. The van der Waals surface area contributed by atoms with E-state index in [4.69, 9.17) is 9.47 Å². The Hall–Kier alpha value is -1.16. The maximum atomic E-state index is 11.5. The molecule has 0 bridgehead atoms. The van der Waals surface area contributed by atoms with Crippen molar-refractivity contribution in [2.24, 2.45) is 0 Å². The average Bonchev–Trinajstić information content (AvgIpc) is 2.27. The highest BCUT2D eigenvalue weighted by Crippen LogP contribution is 2.34. The number of ether oxygens (including phenoxy) is 2. The summed E-state index contributed by atoms with van der Waals surface area (Å²) in [4.78, 5) is 12.5. The maximum Gasteiger partial charge on any atom is 0.321 e. The maximum absolute atomic E-state index is 11.5. The Morgan fingerprint density at radius 1 is 1.31 bits per heavy atom. The van der Waals surface area contributed by atoms with Gasteiger partial charge in [-0.25, -0.2) is 0 Å². The molecule has 0 saturated heterocycles. The van der Waals surface area contributed by atoms with E-state index in [9.17, 15) is 4.79 Å². The molecule has 0 saturated carbocycles. The summed E-state index contributed by atoms with van der Waals surface area (Å²) in [5.41, 5.74) is 0. The molecule has 1 aromatic carbocycles. The van der Waals surface area contributed by atoms with Crippen LogP contribution >= 0.6 is 11.8 Å². The molecule has 1 rings (SSSR count). The van der Waals surface area contributed by atoms with Crippen LogP contribution in [0.5, 0.6) is 5.75 Å². The van der Waals surface area contributed by atoms with Crippen LogP contribution in [0.3, 0.4) is 0 Å². The Labute approximate surface area is 100 Å². The third-order valence-corrected chi connectivity index (χ3v) is 3.26. The summed E-state index contributed by atoms with van der Waals surface area (Å²) in [6, 6.07) is 7.61. The van der Waals surface area contributed by atoms with Gasteiger partial charge in [-0.3, -0.25) is 4.79 Å². The third kappa shape index (κ3) is 3.17. The normalized spacial score (nSPS) is 11.0. The van der Waals surface area contributed by atoms with E-state index in [2.05, 4.69) is 0 Å². The fourth-order valence-electron chi connectivity index (χ4n) is 1.25. The van der Waals surface area contributed by atoms with Crippen molar-refractivity contribution in [3.05, 3.63) is 24.3 Å². The Kier molecular flexibility index (Phi) is 4.24. The summed E-state index contributed by atoms with van der Waals surface area (Å²) in [6.45, 7) is 3.67. The minimum absolute atomic E-state index is 0.236. The molecular formula is C12H16O3S. The second-order valence-corrected chi connectivity index (χ2v) is 5.48. The summed E-state index contributed by atoms with van der Waals surface area (Å²) < 4.78 is 9.28. The fraction of sp³-hybridized carbons (Fsp3) is 0.417. The first-order valence-corrected chi connectivity index (χ1v) is 5.72. The van der Waals surface area contributed by atoms with E-state index in [0.717, 1.165) is 10.6 Å². The summed E-state index contributed by atoms with van der Waals surface area (Å²) in [5.74, 6) is 0.547. The van der Waals surface area contributed by atoms with Crippen molar-refractivity contribution in [2.45, 2.75) is 23.5 Å². The van der Waals surface area contributed by atoms with Crippen molar-refractivity contribution in [3.63, 3.8) is 0 Å². The first kappa shape index (κ1) is 12.9. The van der Waals surface area contributed by atoms with Gasteiger partial charge in [0.1, 0.15) is 10.5 Å². The molecule has 16 heavy (non-hydrogen) atoms. The number of benzene rings is 1. The molecule has 4 heteroatoms. The van der Waals surface area contributed by atoms with Gasteiger partial charge in [-0.2, -0.15) is 0 Å². The minimum atomic E-state index is -0.596. The van der Waals surface area contributed by atoms with Crippen molar-refractivity contribution >= 4 is 17.7 Å². The van der Waals surface area contributed by atoms with Crippen molar-refractivity contribution in [1.82, 2.24) is 0 Å². The van der Waals surface area contributed by atoms with E-state index in [0.29, 0.717) is 0 Å². The highest BCUT2D eigenvalue weighted by molar-refractivity contribution is 8.01. The number of esters is 1. The van der Waals surface area contributed by atoms with Crippen LogP contribution in [-0.4, -0.2) is 24.9 Å². The molecule has 0 aliphatic rings. The first-order valence-electron chi connectivity index (χ1n) is 4.91. The molecule has 0 radical (unpaired) electrons. The number of carbonyl (C=O) groups excluding carboxylic acids is 1. The van der Waals surface area contributed by atoms with Crippen LogP contribution in [0, 0.1) is 0 Å². The van der Waals surface area contributed by atoms with E-state index in [1.54, 1.807) is 7.11 Å². The monoisotopic (exact) mass is 240 g/mol. The zero-order valence-electron chi connectivity index (χ0n) is 9.94. The highest BCUT2D eigenvalue weighted by atomic mass is 32.2. The number of hydrogen-bond acceptors (Lipinski definition) is 4. The zero-order valence-corrected chi connectivity index (χ0v) is 10.8. The van der Waals surface area contributed by atoms with E-state index in [-0.39, 0.29) is 5.97 Å². The summed E-state index contributed by atoms with van der Waals surface area (Å²) >= 11 is 1.45. The predicted molar refractivity (Wildman–Crippen MR) is 64.9 cm³/mol. The average molecular weight is 240 g/mol. The molecule has 3 nitrogen and oxygen atoms in total. The lowest BCUT2D eigenvalue weighted by molar-refractivity contribution is -0.142. The van der Waals surface area contributed by atoms with Crippen molar-refractivity contribution < 1.29 is 14.3 Å². The SMILES string of the molecule is COC(=O)C(C)(C)Sc1cccc(OC)c1. The molecule has 0 aliphatic carbocycles. The van der Waals surface area contributed by atoms with Gasteiger partial charge < -0.3 is 9.47 Å². The van der Waals surface area contributed by atoms with E-state index < -0.39 is 4.75 Å². The molecule has 0 N–H and O–H groups in total. The lowest BCUT2D eigenvalue weighted by Crippen LogP contribution is -2.28. The summed E-state index contributed by atoms with van der Waals surface area (Å²) in [6.07, 6.45) is 0. The van der Waals surface area contributed by atoms with Gasteiger partial charge in [0.25, 0.3) is 0 Å². The van der Waals surface area contributed by atoms with Crippen molar-refractivity contribution in [2.75, 3.05) is 14.2 Å². The lowest BCUT2D eigenvalue weighted by atomic mass is 10.2.